The molecule has 2 rings (SSSR count). The first-order valence-electron chi connectivity index (χ1n) is 4.57. The zero-order valence-corrected chi connectivity index (χ0v) is 7.99. The highest BCUT2D eigenvalue weighted by atomic mass is 16.5. The van der Waals surface area contributed by atoms with E-state index in [9.17, 15) is 4.79 Å². The van der Waals surface area contributed by atoms with Crippen LogP contribution in [0.25, 0.3) is 0 Å². The van der Waals surface area contributed by atoms with E-state index in [-0.39, 0.29) is 5.78 Å². The second-order valence-corrected chi connectivity index (χ2v) is 3.23. The van der Waals surface area contributed by atoms with Crippen LogP contribution in [0.1, 0.15) is 22.3 Å². The average Bonchev–Trinajstić information content (AvgIpc) is 2.70. The molecule has 72 valence electrons. The maximum absolute atomic E-state index is 11.8. The molecule has 0 aliphatic carbocycles. The van der Waals surface area contributed by atoms with Gasteiger partial charge in [-0.25, -0.2) is 0 Å². The van der Waals surface area contributed by atoms with Crippen LogP contribution < -0.4 is 0 Å². The lowest BCUT2D eigenvalue weighted by Crippen LogP contribution is -2.06. The van der Waals surface area contributed by atoms with Crippen LogP contribution >= 0.6 is 0 Å². The third-order valence-electron chi connectivity index (χ3n) is 2.21. The van der Waals surface area contributed by atoms with Gasteiger partial charge in [0.2, 0.25) is 5.78 Å². The molecule has 1 aromatic heterocycles. The summed E-state index contributed by atoms with van der Waals surface area (Å²) < 4.78 is 5.21. The number of nitrogens with zero attached hydrogens (tertiary/aromatic N) is 1. The molecule has 0 spiro atoms. The summed E-state index contributed by atoms with van der Waals surface area (Å²) in [6.07, 6.45) is 5.91. The van der Waals surface area contributed by atoms with Crippen molar-refractivity contribution in [2.45, 2.75) is 13.3 Å². The molecule has 0 unspecified atom stereocenters. The smallest absolute Gasteiger partial charge is 0.229 e. The number of pyridine rings is 1. The Balaban J connectivity index is 2.31. The van der Waals surface area contributed by atoms with Crippen LogP contribution in [0.3, 0.4) is 0 Å². The molecule has 1 aliphatic rings. The van der Waals surface area contributed by atoms with Crippen LogP contribution in [0.15, 0.2) is 30.3 Å². The predicted molar refractivity (Wildman–Crippen MR) is 52.0 cm³/mol. The monoisotopic (exact) mass is 189 g/mol. The first-order valence-corrected chi connectivity index (χ1v) is 4.57. The number of aromatic nitrogens is 1. The Bertz CT molecular complexity index is 396. The fourth-order valence-corrected chi connectivity index (χ4v) is 1.41. The third-order valence-corrected chi connectivity index (χ3v) is 2.21. The standard InChI is InChI=1S/C11H11NO2/c1-8-4-5-12-7-9(8)11(13)10-3-2-6-14-10/h3-5,7H,2,6H2,1H3. The number of aryl methyl sites for hydroxylation is 1. The lowest BCUT2D eigenvalue weighted by molar-refractivity contribution is 0.0941. The molecule has 0 amide bonds. The lowest BCUT2D eigenvalue weighted by Gasteiger charge is -2.04. The Morgan fingerprint density at radius 3 is 3.07 bits per heavy atom. The van der Waals surface area contributed by atoms with E-state index in [2.05, 4.69) is 4.98 Å². The van der Waals surface area contributed by atoms with Crippen molar-refractivity contribution in [3.8, 4) is 0 Å². The molecule has 0 saturated carbocycles. The van der Waals surface area contributed by atoms with Crippen LogP contribution in [0.2, 0.25) is 0 Å². The molecule has 3 nitrogen and oxygen atoms in total. The largest absolute Gasteiger partial charge is 0.489 e. The minimum Gasteiger partial charge on any atom is -0.489 e. The summed E-state index contributed by atoms with van der Waals surface area (Å²) in [4.78, 5) is 15.8. The van der Waals surface area contributed by atoms with Gasteiger partial charge in [0.25, 0.3) is 0 Å². The summed E-state index contributed by atoms with van der Waals surface area (Å²) in [5, 5.41) is 0. The molecule has 3 heteroatoms. The van der Waals surface area contributed by atoms with Crippen molar-refractivity contribution < 1.29 is 9.53 Å². The molecule has 0 radical (unpaired) electrons. The molecule has 0 bridgehead atoms. The van der Waals surface area contributed by atoms with Gasteiger partial charge >= 0.3 is 0 Å². The van der Waals surface area contributed by atoms with Gasteiger partial charge in [0.15, 0.2) is 5.76 Å². The van der Waals surface area contributed by atoms with E-state index >= 15 is 0 Å². The molecular formula is C11H11NO2. The fraction of sp³-hybridized carbons (Fsp3) is 0.273. The van der Waals surface area contributed by atoms with E-state index in [1.165, 1.54) is 0 Å². The van der Waals surface area contributed by atoms with Crippen molar-refractivity contribution in [3.05, 3.63) is 41.4 Å². The van der Waals surface area contributed by atoms with Gasteiger partial charge in [-0.2, -0.15) is 0 Å². The van der Waals surface area contributed by atoms with Gasteiger partial charge in [0, 0.05) is 24.4 Å². The third kappa shape index (κ3) is 1.53. The summed E-state index contributed by atoms with van der Waals surface area (Å²) in [6.45, 7) is 2.50. The SMILES string of the molecule is Cc1ccncc1C(=O)C1=CCCO1. The minimum atomic E-state index is -0.0619. The number of ether oxygens (including phenoxy) is 1. The van der Waals surface area contributed by atoms with E-state index < -0.39 is 0 Å². The Morgan fingerprint density at radius 1 is 1.57 bits per heavy atom. The van der Waals surface area contributed by atoms with E-state index in [1.807, 2.05) is 19.1 Å². The van der Waals surface area contributed by atoms with E-state index in [4.69, 9.17) is 4.74 Å². The summed E-state index contributed by atoms with van der Waals surface area (Å²) in [5.74, 6) is 0.397. The normalized spacial score (nSPS) is 14.8. The first kappa shape index (κ1) is 8.94. The van der Waals surface area contributed by atoms with E-state index in [0.717, 1.165) is 12.0 Å². The average molecular weight is 189 g/mol. The molecule has 0 N–H and O–H groups in total. The number of allylic oxidation sites excluding steroid dienone is 1. The molecule has 14 heavy (non-hydrogen) atoms. The van der Waals surface area contributed by atoms with Gasteiger partial charge in [-0.3, -0.25) is 9.78 Å². The summed E-state index contributed by atoms with van der Waals surface area (Å²) in [5.41, 5.74) is 1.56. The Hall–Kier alpha value is -1.64. The number of carbonyl (C=O) groups is 1. The fourth-order valence-electron chi connectivity index (χ4n) is 1.41. The van der Waals surface area contributed by atoms with Crippen molar-refractivity contribution in [1.29, 1.82) is 0 Å². The summed E-state index contributed by atoms with van der Waals surface area (Å²) in [6, 6.07) is 1.82. The Labute approximate surface area is 82.4 Å². The van der Waals surface area contributed by atoms with E-state index in [1.54, 1.807) is 12.4 Å². The number of carbonyl (C=O) groups excluding carboxylic acids is 1. The summed E-state index contributed by atoms with van der Waals surface area (Å²) >= 11 is 0. The van der Waals surface area contributed by atoms with Crippen molar-refractivity contribution in [2.75, 3.05) is 6.61 Å². The first-order chi connectivity index (χ1) is 6.79. The minimum absolute atomic E-state index is 0.0619. The Morgan fingerprint density at radius 2 is 2.43 bits per heavy atom. The number of rotatable bonds is 2. The van der Waals surface area contributed by atoms with Crippen LogP contribution in [0.5, 0.6) is 0 Å². The van der Waals surface area contributed by atoms with Gasteiger partial charge in [-0.15, -0.1) is 0 Å². The molecule has 1 aromatic rings. The highest BCUT2D eigenvalue weighted by Gasteiger charge is 2.18. The van der Waals surface area contributed by atoms with Gasteiger partial charge in [-0.1, -0.05) is 0 Å². The van der Waals surface area contributed by atoms with E-state index in [0.29, 0.717) is 17.9 Å². The van der Waals surface area contributed by atoms with Crippen LogP contribution in [0.4, 0.5) is 0 Å². The number of hydrogen-bond donors (Lipinski definition) is 0. The van der Waals surface area contributed by atoms with Gasteiger partial charge in [-0.05, 0) is 24.6 Å². The van der Waals surface area contributed by atoms with Crippen molar-refractivity contribution in [1.82, 2.24) is 4.98 Å². The van der Waals surface area contributed by atoms with Crippen LogP contribution in [-0.2, 0) is 4.74 Å². The van der Waals surface area contributed by atoms with Crippen LogP contribution in [0, 0.1) is 6.92 Å². The Kier molecular flexibility index (Phi) is 2.31. The van der Waals surface area contributed by atoms with Crippen LogP contribution in [-0.4, -0.2) is 17.4 Å². The van der Waals surface area contributed by atoms with Gasteiger partial charge in [0.05, 0.1) is 6.61 Å². The topological polar surface area (TPSA) is 39.2 Å². The number of hydrogen-bond acceptors (Lipinski definition) is 3. The van der Waals surface area contributed by atoms with Crippen molar-refractivity contribution >= 4 is 5.78 Å². The van der Waals surface area contributed by atoms with Gasteiger partial charge < -0.3 is 4.74 Å². The highest BCUT2D eigenvalue weighted by molar-refractivity contribution is 6.08. The summed E-state index contributed by atoms with van der Waals surface area (Å²) in [7, 11) is 0. The maximum atomic E-state index is 11.8. The molecule has 2 heterocycles. The predicted octanol–water partition coefficient (Wildman–Crippen LogP) is 1.88. The zero-order chi connectivity index (χ0) is 9.97. The molecule has 0 fully saturated rings. The highest BCUT2D eigenvalue weighted by Crippen LogP contribution is 2.17. The second-order valence-electron chi connectivity index (χ2n) is 3.23. The van der Waals surface area contributed by atoms with Crippen molar-refractivity contribution in [2.24, 2.45) is 0 Å². The number of Topliss-reactive ketones (excluding diaryl/α,β-unsaturated/α-hetero) is 1. The maximum Gasteiger partial charge on any atom is 0.229 e. The molecular weight excluding hydrogens is 178 g/mol. The molecule has 0 atom stereocenters. The van der Waals surface area contributed by atoms with Crippen molar-refractivity contribution in [3.63, 3.8) is 0 Å². The van der Waals surface area contributed by atoms with Gasteiger partial charge in [0.1, 0.15) is 0 Å². The zero-order valence-electron chi connectivity index (χ0n) is 7.99. The molecule has 0 saturated heterocycles. The lowest BCUT2D eigenvalue weighted by atomic mass is 10.1. The molecule has 1 aliphatic heterocycles. The number of ketones is 1. The quantitative estimate of drug-likeness (QED) is 0.667. The molecule has 0 aromatic carbocycles. The second kappa shape index (κ2) is 3.62.